The van der Waals surface area contributed by atoms with Gasteiger partial charge in [-0.05, 0) is 45.1 Å². The van der Waals surface area contributed by atoms with Crippen LogP contribution in [0.4, 0.5) is 5.69 Å². The number of nitrogens with zero attached hydrogens (tertiary/aromatic N) is 3. The van der Waals surface area contributed by atoms with Gasteiger partial charge in [0.1, 0.15) is 0 Å². The predicted molar refractivity (Wildman–Crippen MR) is 75.0 cm³/mol. The molecule has 3 rings (SSSR count). The van der Waals surface area contributed by atoms with Crippen LogP contribution in [0.1, 0.15) is 12.8 Å². The van der Waals surface area contributed by atoms with Crippen LogP contribution in [0, 0.1) is 0 Å². The maximum absolute atomic E-state index is 4.07. The first-order valence-corrected chi connectivity index (χ1v) is 6.58. The van der Waals surface area contributed by atoms with E-state index < -0.39 is 0 Å². The van der Waals surface area contributed by atoms with Crippen molar-refractivity contribution in [3.8, 4) is 0 Å². The minimum atomic E-state index is 0.733. The molecule has 96 valence electrons. The first kappa shape index (κ1) is 11.5. The Labute approximate surface area is 108 Å². The van der Waals surface area contributed by atoms with Gasteiger partial charge in [-0.25, -0.2) is 0 Å². The number of aromatic nitrogens is 2. The van der Waals surface area contributed by atoms with E-state index >= 15 is 0 Å². The van der Waals surface area contributed by atoms with E-state index in [1.54, 1.807) is 0 Å². The molecule has 0 bridgehead atoms. The monoisotopic (exact) mass is 244 g/mol. The van der Waals surface area contributed by atoms with Gasteiger partial charge in [0.25, 0.3) is 0 Å². The van der Waals surface area contributed by atoms with E-state index in [1.165, 1.54) is 23.9 Å². The van der Waals surface area contributed by atoms with Crippen molar-refractivity contribution in [2.45, 2.75) is 18.9 Å². The fraction of sp³-hybridized carbons (Fsp3) is 0.500. The fourth-order valence-electron chi connectivity index (χ4n) is 2.76. The molecule has 2 aromatic rings. The van der Waals surface area contributed by atoms with Gasteiger partial charge in [0.15, 0.2) is 0 Å². The van der Waals surface area contributed by atoms with E-state index in [0.717, 1.165) is 24.6 Å². The third kappa shape index (κ3) is 2.08. The van der Waals surface area contributed by atoms with E-state index in [9.17, 15) is 0 Å². The van der Waals surface area contributed by atoms with Gasteiger partial charge in [0.05, 0.1) is 11.7 Å². The standard InChI is InChI=1S/C14H20N4/c1-17(2)12-5-7-18(8-6-12)13-4-3-11-10-15-16-14(11)9-13/h3-4,9-10,12H,5-8H2,1-2H3,(H,15,16). The van der Waals surface area contributed by atoms with E-state index in [0.29, 0.717) is 0 Å². The highest BCUT2D eigenvalue weighted by Crippen LogP contribution is 2.24. The molecule has 1 aromatic carbocycles. The zero-order valence-corrected chi connectivity index (χ0v) is 11.1. The van der Waals surface area contributed by atoms with Gasteiger partial charge in [-0.3, -0.25) is 5.10 Å². The van der Waals surface area contributed by atoms with Gasteiger partial charge < -0.3 is 9.80 Å². The number of piperidine rings is 1. The number of hydrogen-bond donors (Lipinski definition) is 1. The van der Waals surface area contributed by atoms with E-state index in [-0.39, 0.29) is 0 Å². The average Bonchev–Trinajstić information content (AvgIpc) is 2.86. The van der Waals surface area contributed by atoms with Gasteiger partial charge in [-0.15, -0.1) is 0 Å². The number of hydrogen-bond acceptors (Lipinski definition) is 3. The Bertz CT molecular complexity index is 523. The van der Waals surface area contributed by atoms with Crippen LogP contribution < -0.4 is 4.90 Å². The molecule has 1 aromatic heterocycles. The summed E-state index contributed by atoms with van der Waals surface area (Å²) >= 11 is 0. The third-order valence-electron chi connectivity index (χ3n) is 3.99. The van der Waals surface area contributed by atoms with Gasteiger partial charge in [0, 0.05) is 30.2 Å². The highest BCUT2D eigenvalue weighted by Gasteiger charge is 2.20. The Morgan fingerprint density at radius 1 is 1.28 bits per heavy atom. The molecule has 1 aliphatic heterocycles. The lowest BCUT2D eigenvalue weighted by Gasteiger charge is -2.36. The van der Waals surface area contributed by atoms with E-state index in [4.69, 9.17) is 0 Å². The van der Waals surface area contributed by atoms with Crippen molar-refractivity contribution in [1.82, 2.24) is 15.1 Å². The fourth-order valence-corrected chi connectivity index (χ4v) is 2.76. The minimum Gasteiger partial charge on any atom is -0.371 e. The average molecular weight is 244 g/mol. The number of nitrogens with one attached hydrogen (secondary N) is 1. The molecular formula is C14H20N4. The second kappa shape index (κ2) is 4.61. The maximum atomic E-state index is 4.07. The topological polar surface area (TPSA) is 35.2 Å². The van der Waals surface area contributed by atoms with Crippen LogP contribution in [-0.4, -0.2) is 48.3 Å². The summed E-state index contributed by atoms with van der Waals surface area (Å²) in [5.74, 6) is 0. The molecule has 18 heavy (non-hydrogen) atoms. The SMILES string of the molecule is CN(C)C1CCN(c2ccc3cn[nH]c3c2)CC1. The largest absolute Gasteiger partial charge is 0.371 e. The number of aromatic amines is 1. The van der Waals surface area contributed by atoms with Crippen LogP contribution in [-0.2, 0) is 0 Å². The molecule has 0 saturated carbocycles. The zero-order chi connectivity index (χ0) is 12.5. The van der Waals surface area contributed by atoms with E-state index in [1.807, 2.05) is 6.20 Å². The molecule has 0 amide bonds. The number of rotatable bonds is 2. The van der Waals surface area contributed by atoms with Crippen molar-refractivity contribution in [3.05, 3.63) is 24.4 Å². The van der Waals surface area contributed by atoms with Crippen LogP contribution in [0.2, 0.25) is 0 Å². The summed E-state index contributed by atoms with van der Waals surface area (Å²) in [6.07, 6.45) is 4.36. The second-order valence-electron chi connectivity index (χ2n) is 5.32. The molecule has 0 atom stereocenters. The molecule has 4 heteroatoms. The van der Waals surface area contributed by atoms with Crippen molar-refractivity contribution in [2.75, 3.05) is 32.1 Å². The van der Waals surface area contributed by atoms with Crippen molar-refractivity contribution in [1.29, 1.82) is 0 Å². The highest BCUT2D eigenvalue weighted by molar-refractivity contribution is 5.81. The molecule has 1 aliphatic rings. The summed E-state index contributed by atoms with van der Waals surface area (Å²) in [6, 6.07) is 7.29. The molecule has 1 N–H and O–H groups in total. The van der Waals surface area contributed by atoms with Crippen LogP contribution in [0.5, 0.6) is 0 Å². The summed E-state index contributed by atoms with van der Waals surface area (Å²) in [6.45, 7) is 2.28. The molecule has 1 fully saturated rings. The third-order valence-corrected chi connectivity index (χ3v) is 3.99. The predicted octanol–water partition coefficient (Wildman–Crippen LogP) is 2.09. The summed E-state index contributed by atoms with van der Waals surface area (Å²) in [7, 11) is 4.36. The lowest BCUT2D eigenvalue weighted by Crippen LogP contribution is -2.41. The summed E-state index contributed by atoms with van der Waals surface area (Å²) in [4.78, 5) is 4.82. The Kier molecular flexibility index (Phi) is 2.96. The summed E-state index contributed by atoms with van der Waals surface area (Å²) in [5.41, 5.74) is 2.44. The van der Waals surface area contributed by atoms with Gasteiger partial charge in [-0.1, -0.05) is 0 Å². The number of anilines is 1. The Morgan fingerprint density at radius 3 is 2.78 bits per heavy atom. The Balaban J connectivity index is 1.75. The van der Waals surface area contributed by atoms with Crippen LogP contribution in [0.25, 0.3) is 10.9 Å². The minimum absolute atomic E-state index is 0.733. The first-order valence-electron chi connectivity index (χ1n) is 6.58. The number of H-pyrrole nitrogens is 1. The number of fused-ring (bicyclic) bond motifs is 1. The molecule has 0 radical (unpaired) electrons. The van der Waals surface area contributed by atoms with Crippen molar-refractivity contribution in [3.63, 3.8) is 0 Å². The summed E-state index contributed by atoms with van der Waals surface area (Å²) < 4.78 is 0. The zero-order valence-electron chi connectivity index (χ0n) is 11.1. The molecule has 0 spiro atoms. The quantitative estimate of drug-likeness (QED) is 0.878. The lowest BCUT2D eigenvalue weighted by molar-refractivity contribution is 0.249. The van der Waals surface area contributed by atoms with Crippen molar-refractivity contribution in [2.24, 2.45) is 0 Å². The van der Waals surface area contributed by atoms with Crippen LogP contribution >= 0.6 is 0 Å². The molecule has 0 unspecified atom stereocenters. The summed E-state index contributed by atoms with van der Waals surface area (Å²) in [5, 5.41) is 8.30. The molecule has 1 saturated heterocycles. The van der Waals surface area contributed by atoms with Crippen molar-refractivity contribution >= 4 is 16.6 Å². The maximum Gasteiger partial charge on any atom is 0.0670 e. The van der Waals surface area contributed by atoms with E-state index in [2.05, 4.69) is 52.3 Å². The Morgan fingerprint density at radius 2 is 2.06 bits per heavy atom. The van der Waals surface area contributed by atoms with Crippen molar-refractivity contribution < 1.29 is 0 Å². The van der Waals surface area contributed by atoms with Gasteiger partial charge in [0.2, 0.25) is 0 Å². The molecule has 4 nitrogen and oxygen atoms in total. The molecular weight excluding hydrogens is 224 g/mol. The second-order valence-corrected chi connectivity index (χ2v) is 5.32. The lowest BCUT2D eigenvalue weighted by atomic mass is 10.0. The smallest absolute Gasteiger partial charge is 0.0670 e. The van der Waals surface area contributed by atoms with Gasteiger partial charge >= 0.3 is 0 Å². The first-order chi connectivity index (χ1) is 8.74. The Hall–Kier alpha value is -1.55. The highest BCUT2D eigenvalue weighted by atomic mass is 15.2. The molecule has 2 heterocycles. The number of benzene rings is 1. The normalized spacial score (nSPS) is 17.8. The van der Waals surface area contributed by atoms with Crippen LogP contribution in [0.15, 0.2) is 24.4 Å². The molecule has 0 aliphatic carbocycles. The van der Waals surface area contributed by atoms with Gasteiger partial charge in [-0.2, -0.15) is 5.10 Å². The van der Waals surface area contributed by atoms with Crippen LogP contribution in [0.3, 0.4) is 0 Å².